The second kappa shape index (κ2) is 8.39. The van der Waals surface area contributed by atoms with Crippen molar-refractivity contribution in [1.29, 1.82) is 0 Å². The lowest BCUT2D eigenvalue weighted by Gasteiger charge is -2.28. The zero-order valence-electron chi connectivity index (χ0n) is 15.5. The lowest BCUT2D eigenvalue weighted by molar-refractivity contribution is 0.926. The van der Waals surface area contributed by atoms with Gasteiger partial charge in [0.2, 0.25) is 0 Å². The normalized spacial score (nSPS) is 11.8. The highest BCUT2D eigenvalue weighted by molar-refractivity contribution is 5.55. The largest absolute Gasteiger partial charge is 0.369 e. The van der Waals surface area contributed by atoms with Gasteiger partial charge in [0.15, 0.2) is 0 Å². The van der Waals surface area contributed by atoms with Crippen molar-refractivity contribution in [1.82, 2.24) is 0 Å². The third-order valence-corrected chi connectivity index (χ3v) is 4.17. The van der Waals surface area contributed by atoms with Crippen LogP contribution in [0.25, 0.3) is 0 Å². The highest BCUT2D eigenvalue weighted by atomic mass is 15.2. The molecular formula is C22H28N2. The van der Waals surface area contributed by atoms with Crippen LogP contribution in [0, 0.1) is 13.8 Å². The molecule has 0 spiro atoms. The molecule has 0 unspecified atom stereocenters. The number of benzene rings is 2. The first kappa shape index (κ1) is 17.9. The number of hydrogen-bond donors (Lipinski definition) is 0. The van der Waals surface area contributed by atoms with Gasteiger partial charge in [-0.15, -0.1) is 0 Å². The minimum atomic E-state index is 0.845. The fourth-order valence-electron chi connectivity index (χ4n) is 2.61. The topological polar surface area (TPSA) is 6.48 Å². The van der Waals surface area contributed by atoms with Crippen molar-refractivity contribution in [3.05, 3.63) is 83.6 Å². The Labute approximate surface area is 146 Å². The lowest BCUT2D eigenvalue weighted by Crippen LogP contribution is -2.28. The van der Waals surface area contributed by atoms with Crippen LogP contribution < -0.4 is 9.80 Å². The first-order chi connectivity index (χ1) is 11.5. The summed E-state index contributed by atoms with van der Waals surface area (Å²) < 4.78 is 0. The van der Waals surface area contributed by atoms with Gasteiger partial charge in [0.05, 0.1) is 6.54 Å². The number of aryl methyl sites for hydroxylation is 2. The zero-order valence-corrected chi connectivity index (χ0v) is 15.5. The van der Waals surface area contributed by atoms with Gasteiger partial charge in [0.1, 0.15) is 0 Å². The van der Waals surface area contributed by atoms with Crippen molar-refractivity contribution in [2.24, 2.45) is 0 Å². The number of likely N-dealkylation sites (N-methyl/N-ethyl adjacent to an activating group) is 2. The van der Waals surface area contributed by atoms with Crippen LogP contribution in [0.15, 0.2) is 72.5 Å². The average Bonchev–Trinajstić information content (AvgIpc) is 2.58. The van der Waals surface area contributed by atoms with Crippen molar-refractivity contribution in [3.8, 4) is 0 Å². The van der Waals surface area contributed by atoms with Gasteiger partial charge in [0, 0.05) is 31.2 Å². The first-order valence-corrected chi connectivity index (χ1v) is 8.41. The SMILES string of the molecule is C/C=C\C=C(/CN(C)c1cccc(C)c1)N(C)c1ccc(C)cc1. The molecule has 2 aromatic carbocycles. The summed E-state index contributed by atoms with van der Waals surface area (Å²) in [5.74, 6) is 0. The van der Waals surface area contributed by atoms with Crippen molar-refractivity contribution in [2.75, 3.05) is 30.4 Å². The summed E-state index contributed by atoms with van der Waals surface area (Å²) in [5, 5.41) is 0. The number of hydrogen-bond acceptors (Lipinski definition) is 2. The Morgan fingerprint density at radius 1 is 0.917 bits per heavy atom. The maximum absolute atomic E-state index is 2.28. The smallest absolute Gasteiger partial charge is 0.0578 e. The predicted octanol–water partition coefficient (Wildman–Crippen LogP) is 5.34. The Hall–Kier alpha value is -2.48. The van der Waals surface area contributed by atoms with E-state index in [0.717, 1.165) is 6.54 Å². The molecule has 24 heavy (non-hydrogen) atoms. The fourth-order valence-corrected chi connectivity index (χ4v) is 2.61. The molecule has 0 aliphatic carbocycles. The minimum absolute atomic E-state index is 0.845. The van der Waals surface area contributed by atoms with E-state index in [4.69, 9.17) is 0 Å². The van der Waals surface area contributed by atoms with E-state index in [1.807, 2.05) is 6.92 Å². The first-order valence-electron chi connectivity index (χ1n) is 8.41. The summed E-state index contributed by atoms with van der Waals surface area (Å²) in [6, 6.07) is 17.3. The molecule has 0 saturated carbocycles. The van der Waals surface area contributed by atoms with Crippen molar-refractivity contribution < 1.29 is 0 Å². The third-order valence-electron chi connectivity index (χ3n) is 4.17. The van der Waals surface area contributed by atoms with E-state index in [0.29, 0.717) is 0 Å². The molecule has 0 atom stereocenters. The van der Waals surface area contributed by atoms with E-state index in [9.17, 15) is 0 Å². The molecule has 0 saturated heterocycles. The second-order valence-corrected chi connectivity index (χ2v) is 6.27. The van der Waals surface area contributed by atoms with Gasteiger partial charge in [-0.3, -0.25) is 0 Å². The summed E-state index contributed by atoms with van der Waals surface area (Å²) in [6.45, 7) is 7.14. The molecule has 2 rings (SSSR count). The van der Waals surface area contributed by atoms with Gasteiger partial charge < -0.3 is 9.80 Å². The Balaban J connectivity index is 2.23. The Morgan fingerprint density at radius 2 is 1.62 bits per heavy atom. The van der Waals surface area contributed by atoms with Crippen LogP contribution in [0.5, 0.6) is 0 Å². The van der Waals surface area contributed by atoms with Crippen molar-refractivity contribution in [3.63, 3.8) is 0 Å². The lowest BCUT2D eigenvalue weighted by atomic mass is 10.2. The maximum atomic E-state index is 2.28. The van der Waals surface area contributed by atoms with E-state index in [1.165, 1.54) is 28.2 Å². The van der Waals surface area contributed by atoms with Gasteiger partial charge in [-0.1, -0.05) is 42.0 Å². The third kappa shape index (κ3) is 4.76. The summed E-state index contributed by atoms with van der Waals surface area (Å²) in [6.07, 6.45) is 6.35. The van der Waals surface area contributed by atoms with Crippen LogP contribution in [0.2, 0.25) is 0 Å². The van der Waals surface area contributed by atoms with E-state index in [1.54, 1.807) is 0 Å². The highest BCUT2D eigenvalue weighted by Gasteiger charge is 2.10. The van der Waals surface area contributed by atoms with Gasteiger partial charge in [-0.25, -0.2) is 0 Å². The molecule has 126 valence electrons. The molecule has 0 aromatic heterocycles. The monoisotopic (exact) mass is 320 g/mol. The van der Waals surface area contributed by atoms with Crippen molar-refractivity contribution in [2.45, 2.75) is 20.8 Å². The molecule has 0 aliphatic heterocycles. The molecule has 2 nitrogen and oxygen atoms in total. The maximum Gasteiger partial charge on any atom is 0.0578 e. The van der Waals surface area contributed by atoms with Crippen LogP contribution in [0.1, 0.15) is 18.1 Å². The molecule has 0 amide bonds. The van der Waals surface area contributed by atoms with Crippen LogP contribution in [-0.2, 0) is 0 Å². The molecule has 0 fully saturated rings. The van der Waals surface area contributed by atoms with Crippen molar-refractivity contribution >= 4 is 11.4 Å². The Morgan fingerprint density at radius 3 is 2.25 bits per heavy atom. The molecule has 0 radical (unpaired) electrons. The van der Waals surface area contributed by atoms with Gasteiger partial charge in [0.25, 0.3) is 0 Å². The Kier molecular flexibility index (Phi) is 6.25. The predicted molar refractivity (Wildman–Crippen MR) is 107 cm³/mol. The van der Waals surface area contributed by atoms with E-state index < -0.39 is 0 Å². The second-order valence-electron chi connectivity index (χ2n) is 6.27. The Bertz CT molecular complexity index is 711. The molecule has 0 bridgehead atoms. The van der Waals surface area contributed by atoms with Gasteiger partial charge >= 0.3 is 0 Å². The van der Waals surface area contributed by atoms with Crippen LogP contribution in [0.4, 0.5) is 11.4 Å². The van der Waals surface area contributed by atoms with Crippen LogP contribution >= 0.6 is 0 Å². The van der Waals surface area contributed by atoms with Gasteiger partial charge in [-0.2, -0.15) is 0 Å². The molecule has 2 heteroatoms. The van der Waals surface area contributed by atoms with E-state index in [-0.39, 0.29) is 0 Å². The van der Waals surface area contributed by atoms with E-state index in [2.05, 4.69) is 105 Å². The van der Waals surface area contributed by atoms with Crippen LogP contribution in [-0.4, -0.2) is 20.6 Å². The minimum Gasteiger partial charge on any atom is -0.369 e. The molecule has 0 N–H and O–H groups in total. The van der Waals surface area contributed by atoms with Gasteiger partial charge in [-0.05, 0) is 56.7 Å². The standard InChI is InChI=1S/C22H28N2/c1-6-7-10-22(24(5)20-14-12-18(2)13-15-20)17-23(4)21-11-8-9-19(3)16-21/h6-16H,17H2,1-5H3/b7-6-,22-10+. The number of rotatable bonds is 6. The zero-order chi connectivity index (χ0) is 17.5. The average molecular weight is 320 g/mol. The molecule has 2 aromatic rings. The summed E-state index contributed by atoms with van der Waals surface area (Å²) in [7, 11) is 4.27. The number of anilines is 2. The fraction of sp³-hybridized carbons (Fsp3) is 0.273. The van der Waals surface area contributed by atoms with Crippen LogP contribution in [0.3, 0.4) is 0 Å². The molecule has 0 aliphatic rings. The summed E-state index contributed by atoms with van der Waals surface area (Å²) in [5.41, 5.74) is 6.25. The quantitative estimate of drug-likeness (QED) is 0.663. The number of allylic oxidation sites excluding steroid dienone is 3. The molecule has 0 heterocycles. The van der Waals surface area contributed by atoms with E-state index >= 15 is 0 Å². The molecular weight excluding hydrogens is 292 g/mol. The summed E-state index contributed by atoms with van der Waals surface area (Å²) in [4.78, 5) is 4.54. The summed E-state index contributed by atoms with van der Waals surface area (Å²) >= 11 is 0. The highest BCUT2D eigenvalue weighted by Crippen LogP contribution is 2.21. The number of nitrogens with zero attached hydrogens (tertiary/aromatic N) is 2.